The fraction of sp³-hybridized carbons (Fsp3) is 0.385. The highest BCUT2D eigenvalue weighted by Gasteiger charge is 2.30. The van der Waals surface area contributed by atoms with Crippen molar-refractivity contribution in [2.45, 2.75) is 12.8 Å². The predicted molar refractivity (Wildman–Crippen MR) is 62.4 cm³/mol. The van der Waals surface area contributed by atoms with Gasteiger partial charge in [0.2, 0.25) is 5.91 Å². The topological polar surface area (TPSA) is 57.6 Å². The van der Waals surface area contributed by atoms with Crippen LogP contribution < -0.4 is 0 Å². The lowest BCUT2D eigenvalue weighted by molar-refractivity contribution is -0.141. The van der Waals surface area contributed by atoms with Gasteiger partial charge in [0.1, 0.15) is 11.6 Å². The first-order valence-corrected chi connectivity index (χ1v) is 5.92. The van der Waals surface area contributed by atoms with Gasteiger partial charge in [-0.1, -0.05) is 0 Å². The molecule has 1 heterocycles. The number of aliphatic carboxylic acids is 1. The molecular formula is C13H13F2NO3. The molecular weight excluding hydrogens is 256 g/mol. The normalized spacial score (nSPS) is 18.6. The summed E-state index contributed by atoms with van der Waals surface area (Å²) in [4.78, 5) is 24.0. The Morgan fingerprint density at radius 1 is 1.37 bits per heavy atom. The molecule has 0 saturated carbocycles. The molecule has 4 nitrogen and oxygen atoms in total. The van der Waals surface area contributed by atoms with E-state index in [1.807, 2.05) is 0 Å². The summed E-state index contributed by atoms with van der Waals surface area (Å²) >= 11 is 0. The first-order chi connectivity index (χ1) is 8.97. The van der Waals surface area contributed by atoms with E-state index in [0.717, 1.165) is 18.2 Å². The van der Waals surface area contributed by atoms with Crippen LogP contribution in [0.5, 0.6) is 0 Å². The zero-order valence-corrected chi connectivity index (χ0v) is 10.1. The molecule has 1 aromatic carbocycles. The van der Waals surface area contributed by atoms with E-state index in [-0.39, 0.29) is 24.4 Å². The molecule has 6 heteroatoms. The monoisotopic (exact) mass is 269 g/mol. The van der Waals surface area contributed by atoms with Crippen LogP contribution in [0, 0.1) is 17.6 Å². The molecule has 19 heavy (non-hydrogen) atoms. The molecule has 1 aromatic rings. The second-order valence-corrected chi connectivity index (χ2v) is 4.58. The highest BCUT2D eigenvalue weighted by molar-refractivity contribution is 5.80. The van der Waals surface area contributed by atoms with Crippen LogP contribution in [-0.4, -0.2) is 35.0 Å². The number of hydrogen-bond donors (Lipinski definition) is 1. The molecule has 0 aliphatic carbocycles. The van der Waals surface area contributed by atoms with Crippen LogP contribution in [0.2, 0.25) is 0 Å². The van der Waals surface area contributed by atoms with Gasteiger partial charge in [0, 0.05) is 18.7 Å². The minimum Gasteiger partial charge on any atom is -0.481 e. The standard InChI is InChI=1S/C13H13F2NO3/c14-10-1-2-11(15)9(5-10)6-12(17)16-4-3-8(7-16)13(18)19/h1-2,5,8H,3-4,6-7H2,(H,18,19). The molecule has 1 aliphatic rings. The number of carboxylic acid groups (broad SMARTS) is 1. The van der Waals surface area contributed by atoms with Crippen molar-refractivity contribution >= 4 is 11.9 Å². The summed E-state index contributed by atoms with van der Waals surface area (Å²) < 4.78 is 26.4. The van der Waals surface area contributed by atoms with Gasteiger partial charge < -0.3 is 10.0 Å². The Morgan fingerprint density at radius 2 is 2.11 bits per heavy atom. The Morgan fingerprint density at radius 3 is 2.74 bits per heavy atom. The minimum atomic E-state index is -0.938. The minimum absolute atomic E-state index is 0.0104. The van der Waals surface area contributed by atoms with Crippen molar-refractivity contribution in [3.63, 3.8) is 0 Å². The number of rotatable bonds is 3. The highest BCUT2D eigenvalue weighted by atomic mass is 19.1. The second-order valence-electron chi connectivity index (χ2n) is 4.58. The average Bonchev–Trinajstić information content (AvgIpc) is 2.83. The number of carboxylic acids is 1. The van der Waals surface area contributed by atoms with E-state index < -0.39 is 23.5 Å². The molecule has 1 amide bonds. The quantitative estimate of drug-likeness (QED) is 0.903. The molecule has 0 radical (unpaired) electrons. The Balaban J connectivity index is 2.02. The van der Waals surface area contributed by atoms with Crippen molar-refractivity contribution in [3.05, 3.63) is 35.4 Å². The zero-order chi connectivity index (χ0) is 14.0. The van der Waals surface area contributed by atoms with Gasteiger partial charge in [-0.15, -0.1) is 0 Å². The van der Waals surface area contributed by atoms with Gasteiger partial charge in [0.05, 0.1) is 12.3 Å². The van der Waals surface area contributed by atoms with E-state index >= 15 is 0 Å². The number of carbonyl (C=O) groups excluding carboxylic acids is 1. The average molecular weight is 269 g/mol. The van der Waals surface area contributed by atoms with Crippen LogP contribution in [0.25, 0.3) is 0 Å². The van der Waals surface area contributed by atoms with Crippen molar-refractivity contribution in [1.29, 1.82) is 0 Å². The van der Waals surface area contributed by atoms with Crippen LogP contribution in [0.15, 0.2) is 18.2 Å². The van der Waals surface area contributed by atoms with E-state index in [1.54, 1.807) is 0 Å². The van der Waals surface area contributed by atoms with Crippen molar-refractivity contribution in [2.24, 2.45) is 5.92 Å². The molecule has 1 N–H and O–H groups in total. The lowest BCUT2D eigenvalue weighted by Crippen LogP contribution is -2.31. The summed E-state index contributed by atoms with van der Waals surface area (Å²) in [7, 11) is 0. The second kappa shape index (κ2) is 5.34. The fourth-order valence-corrected chi connectivity index (χ4v) is 2.14. The molecule has 1 atom stereocenters. The van der Waals surface area contributed by atoms with Gasteiger partial charge in [-0.2, -0.15) is 0 Å². The number of hydrogen-bond acceptors (Lipinski definition) is 2. The van der Waals surface area contributed by atoms with Gasteiger partial charge in [0.15, 0.2) is 0 Å². The number of carbonyl (C=O) groups is 2. The number of amides is 1. The first kappa shape index (κ1) is 13.5. The highest BCUT2D eigenvalue weighted by Crippen LogP contribution is 2.18. The Bertz CT molecular complexity index is 519. The van der Waals surface area contributed by atoms with E-state index in [1.165, 1.54) is 4.90 Å². The predicted octanol–water partition coefficient (Wildman–Crippen LogP) is 1.44. The summed E-state index contributed by atoms with van der Waals surface area (Å²) in [5.74, 6) is -3.13. The van der Waals surface area contributed by atoms with Gasteiger partial charge in [-0.25, -0.2) is 8.78 Å². The molecule has 1 saturated heterocycles. The Hall–Kier alpha value is -1.98. The van der Waals surface area contributed by atoms with E-state index in [4.69, 9.17) is 5.11 Å². The van der Waals surface area contributed by atoms with Gasteiger partial charge >= 0.3 is 5.97 Å². The van der Waals surface area contributed by atoms with Gasteiger partial charge in [-0.05, 0) is 24.6 Å². The Kier molecular flexibility index (Phi) is 3.78. The summed E-state index contributed by atoms with van der Waals surface area (Å²) in [6.07, 6.45) is 0.142. The van der Waals surface area contributed by atoms with Crippen LogP contribution in [0.4, 0.5) is 8.78 Å². The lowest BCUT2D eigenvalue weighted by Gasteiger charge is -2.16. The zero-order valence-electron chi connectivity index (χ0n) is 10.1. The third-order valence-electron chi connectivity index (χ3n) is 3.24. The van der Waals surface area contributed by atoms with Crippen LogP contribution in [-0.2, 0) is 16.0 Å². The van der Waals surface area contributed by atoms with Gasteiger partial charge in [0.25, 0.3) is 0 Å². The van der Waals surface area contributed by atoms with Gasteiger partial charge in [-0.3, -0.25) is 9.59 Å². The molecule has 2 rings (SSSR count). The Labute approximate surface area is 108 Å². The fourth-order valence-electron chi connectivity index (χ4n) is 2.14. The van der Waals surface area contributed by atoms with E-state index in [9.17, 15) is 18.4 Å². The summed E-state index contributed by atoms with van der Waals surface area (Å²) in [6, 6.07) is 2.94. The third kappa shape index (κ3) is 3.07. The first-order valence-electron chi connectivity index (χ1n) is 5.92. The summed E-state index contributed by atoms with van der Waals surface area (Å²) in [5, 5.41) is 8.84. The lowest BCUT2D eigenvalue weighted by atomic mass is 10.1. The maximum Gasteiger partial charge on any atom is 0.308 e. The van der Waals surface area contributed by atoms with Crippen molar-refractivity contribution < 1.29 is 23.5 Å². The summed E-state index contributed by atoms with van der Waals surface area (Å²) in [6.45, 7) is 0.470. The molecule has 102 valence electrons. The van der Waals surface area contributed by atoms with Crippen molar-refractivity contribution in [2.75, 3.05) is 13.1 Å². The van der Waals surface area contributed by atoms with E-state index in [2.05, 4.69) is 0 Å². The summed E-state index contributed by atoms with van der Waals surface area (Å²) in [5.41, 5.74) is -0.0104. The molecule has 1 fully saturated rings. The smallest absolute Gasteiger partial charge is 0.308 e. The van der Waals surface area contributed by atoms with Crippen LogP contribution in [0.3, 0.4) is 0 Å². The van der Waals surface area contributed by atoms with Crippen LogP contribution in [0.1, 0.15) is 12.0 Å². The molecule has 1 aliphatic heterocycles. The maximum absolute atomic E-state index is 13.4. The van der Waals surface area contributed by atoms with Crippen LogP contribution >= 0.6 is 0 Å². The van der Waals surface area contributed by atoms with Crippen molar-refractivity contribution in [3.8, 4) is 0 Å². The molecule has 1 unspecified atom stereocenters. The largest absolute Gasteiger partial charge is 0.481 e. The molecule has 0 aromatic heterocycles. The molecule has 0 spiro atoms. The number of halogens is 2. The molecule has 0 bridgehead atoms. The maximum atomic E-state index is 13.4. The third-order valence-corrected chi connectivity index (χ3v) is 3.24. The number of nitrogens with zero attached hydrogens (tertiary/aromatic N) is 1. The SMILES string of the molecule is O=C(O)C1CCN(C(=O)Cc2cc(F)ccc2F)C1. The van der Waals surface area contributed by atoms with Crippen molar-refractivity contribution in [1.82, 2.24) is 4.90 Å². The number of benzene rings is 1. The van der Waals surface area contributed by atoms with E-state index in [0.29, 0.717) is 13.0 Å². The number of likely N-dealkylation sites (tertiary alicyclic amines) is 1.